The summed E-state index contributed by atoms with van der Waals surface area (Å²) in [6.07, 6.45) is -0.308. The zero-order valence-electron chi connectivity index (χ0n) is 21.8. The number of carbonyl (C=O) groups excluding carboxylic acids is 1. The third-order valence-corrected chi connectivity index (χ3v) is 7.48. The van der Waals surface area contributed by atoms with Gasteiger partial charge < -0.3 is 14.9 Å². The number of piperidine rings is 1. The number of nitrogens with zero attached hydrogens (tertiary/aromatic N) is 5. The van der Waals surface area contributed by atoms with Gasteiger partial charge in [-0.05, 0) is 51.1 Å². The number of nitrogens with one attached hydrogen (secondary N) is 1. The van der Waals surface area contributed by atoms with Gasteiger partial charge in [-0.3, -0.25) is 14.9 Å². The number of aromatic nitrogens is 3. The topological polar surface area (TPSA) is 112 Å². The fraction of sp³-hybridized carbons (Fsp3) is 0.423. The number of thiazole rings is 1. The van der Waals surface area contributed by atoms with E-state index in [2.05, 4.69) is 20.3 Å². The van der Waals surface area contributed by atoms with E-state index in [4.69, 9.17) is 5.11 Å². The van der Waals surface area contributed by atoms with E-state index in [1.54, 1.807) is 0 Å². The molecule has 0 unspecified atom stereocenters. The number of rotatable bonds is 9. The molecule has 14 heteroatoms. The minimum absolute atomic E-state index is 0.00622. The first-order chi connectivity index (χ1) is 19.0. The van der Waals surface area contributed by atoms with Gasteiger partial charge in [-0.25, -0.2) is 19.3 Å². The van der Waals surface area contributed by atoms with Crippen molar-refractivity contribution in [2.45, 2.75) is 38.9 Å². The number of aliphatic carboxylic acids is 1. The second kappa shape index (κ2) is 12.3. The third-order valence-electron chi connectivity index (χ3n) is 6.52. The van der Waals surface area contributed by atoms with Crippen molar-refractivity contribution in [1.29, 1.82) is 0 Å². The molecule has 0 aliphatic carbocycles. The maximum absolute atomic E-state index is 13.9. The molecule has 0 bridgehead atoms. The van der Waals surface area contributed by atoms with Crippen LogP contribution in [0.2, 0.25) is 0 Å². The summed E-state index contributed by atoms with van der Waals surface area (Å²) in [5.41, 5.74) is -1.08. The van der Waals surface area contributed by atoms with Gasteiger partial charge in [0.2, 0.25) is 0 Å². The Hall–Kier alpha value is -3.65. The number of carboxylic acids is 1. The molecule has 3 aromatic rings. The zero-order valence-corrected chi connectivity index (χ0v) is 22.7. The number of anilines is 2. The highest BCUT2D eigenvalue weighted by molar-refractivity contribution is 7.16. The van der Waals surface area contributed by atoms with Gasteiger partial charge in [0, 0.05) is 30.1 Å². The molecule has 40 heavy (non-hydrogen) atoms. The molecule has 214 valence electrons. The van der Waals surface area contributed by atoms with Crippen LogP contribution in [-0.2, 0) is 17.5 Å². The first-order valence-corrected chi connectivity index (χ1v) is 13.4. The van der Waals surface area contributed by atoms with Crippen molar-refractivity contribution in [3.05, 3.63) is 52.5 Å². The monoisotopic (exact) mass is 580 g/mol. The van der Waals surface area contributed by atoms with Crippen LogP contribution in [0.4, 0.5) is 28.5 Å². The molecule has 4 rings (SSSR count). The molecular weight excluding hydrogens is 552 g/mol. The molecule has 0 saturated carbocycles. The molecule has 0 spiro atoms. The Morgan fingerprint density at radius 1 is 1.20 bits per heavy atom. The van der Waals surface area contributed by atoms with E-state index in [-0.39, 0.29) is 28.0 Å². The zero-order chi connectivity index (χ0) is 29.0. The van der Waals surface area contributed by atoms with Crippen LogP contribution in [0, 0.1) is 11.7 Å². The number of benzene rings is 1. The summed E-state index contributed by atoms with van der Waals surface area (Å²) in [6, 6.07) is 2.72. The van der Waals surface area contributed by atoms with Gasteiger partial charge in [-0.1, -0.05) is 18.3 Å². The van der Waals surface area contributed by atoms with Crippen molar-refractivity contribution >= 4 is 34.2 Å². The average Bonchev–Trinajstić information content (AvgIpc) is 3.30. The quantitative estimate of drug-likeness (QED) is 0.334. The van der Waals surface area contributed by atoms with Crippen molar-refractivity contribution in [3.8, 4) is 11.3 Å². The first kappa shape index (κ1) is 29.3. The van der Waals surface area contributed by atoms with Crippen LogP contribution in [-0.4, -0.2) is 63.5 Å². The normalized spacial score (nSPS) is 14.5. The fourth-order valence-electron chi connectivity index (χ4n) is 4.45. The summed E-state index contributed by atoms with van der Waals surface area (Å²) in [5.74, 6) is -2.66. The van der Waals surface area contributed by atoms with Gasteiger partial charge >= 0.3 is 12.1 Å². The Morgan fingerprint density at radius 2 is 1.93 bits per heavy atom. The predicted octanol–water partition coefficient (Wildman–Crippen LogP) is 5.15. The second-order valence-electron chi connectivity index (χ2n) is 9.53. The molecule has 3 heterocycles. The molecule has 1 aromatic carbocycles. The Labute approximate surface area is 231 Å². The Kier molecular flexibility index (Phi) is 8.98. The van der Waals surface area contributed by atoms with Gasteiger partial charge in [0.25, 0.3) is 5.91 Å². The van der Waals surface area contributed by atoms with Crippen LogP contribution in [0.5, 0.6) is 0 Å². The first-order valence-electron chi connectivity index (χ1n) is 12.6. The number of amides is 1. The summed E-state index contributed by atoms with van der Waals surface area (Å²) in [5, 5.41) is 12.0. The van der Waals surface area contributed by atoms with E-state index in [9.17, 15) is 27.2 Å². The highest BCUT2D eigenvalue weighted by Crippen LogP contribution is 2.37. The highest BCUT2D eigenvalue weighted by Gasteiger charge is 2.35. The number of carbonyl (C=O) groups is 2. The minimum Gasteiger partial charge on any atom is -0.481 e. The van der Waals surface area contributed by atoms with Crippen LogP contribution in [0.25, 0.3) is 11.3 Å². The maximum atomic E-state index is 13.9. The lowest BCUT2D eigenvalue weighted by Crippen LogP contribution is -2.36. The molecule has 0 atom stereocenters. The Bertz CT molecular complexity index is 1360. The van der Waals surface area contributed by atoms with E-state index < -0.39 is 29.4 Å². The lowest BCUT2D eigenvalue weighted by atomic mass is 9.97. The van der Waals surface area contributed by atoms with Gasteiger partial charge in [-0.2, -0.15) is 13.2 Å². The predicted molar refractivity (Wildman–Crippen MR) is 142 cm³/mol. The van der Waals surface area contributed by atoms with Crippen LogP contribution < -0.4 is 10.2 Å². The number of hydrogen-bond acceptors (Lipinski definition) is 8. The molecule has 9 nitrogen and oxygen atoms in total. The van der Waals surface area contributed by atoms with Crippen LogP contribution >= 0.6 is 11.3 Å². The van der Waals surface area contributed by atoms with E-state index >= 15 is 0 Å². The smallest absolute Gasteiger partial charge is 0.419 e. The third kappa shape index (κ3) is 6.91. The molecule has 2 aromatic heterocycles. The van der Waals surface area contributed by atoms with Crippen molar-refractivity contribution in [3.63, 3.8) is 0 Å². The Morgan fingerprint density at radius 3 is 2.52 bits per heavy atom. The van der Waals surface area contributed by atoms with E-state index in [1.807, 2.05) is 23.8 Å². The summed E-state index contributed by atoms with van der Waals surface area (Å²) in [4.78, 5) is 41.4. The van der Waals surface area contributed by atoms with Crippen molar-refractivity contribution in [1.82, 2.24) is 19.9 Å². The van der Waals surface area contributed by atoms with Gasteiger partial charge in [0.15, 0.2) is 5.13 Å². The molecule has 1 saturated heterocycles. The Balaban J connectivity index is 1.54. The largest absolute Gasteiger partial charge is 0.481 e. The number of alkyl halides is 3. The summed E-state index contributed by atoms with van der Waals surface area (Å²) >= 11 is 1.11. The van der Waals surface area contributed by atoms with Crippen LogP contribution in [0.1, 0.15) is 47.1 Å². The van der Waals surface area contributed by atoms with Crippen LogP contribution in [0.3, 0.4) is 0 Å². The molecule has 0 radical (unpaired) electrons. The standard InChI is InChI=1S/C26H28F4N6O3S/c1-3-8-35(2)14-20-22(16-4-5-18(27)17(11-16)26(28,29)30)33-25(40-20)34-23(37)19-12-32-21(13-31-19)36-9-6-15(7-10-36)24(38)39/h4-5,11-13,15H,3,6-10,14H2,1-2H3,(H,38,39)(H,33,34,37). The SMILES string of the molecule is CCCN(C)Cc1sc(NC(=O)c2cnc(N3CCC(C(=O)O)CC3)cn2)nc1-c1ccc(F)c(C(F)(F)F)c1. The second-order valence-corrected chi connectivity index (χ2v) is 10.6. The molecular formula is C26H28F4N6O3S. The van der Waals surface area contributed by atoms with Crippen molar-refractivity contribution in [2.24, 2.45) is 5.92 Å². The minimum atomic E-state index is -4.87. The number of carboxylic acid groups (broad SMARTS) is 1. The number of hydrogen-bond donors (Lipinski definition) is 2. The van der Waals surface area contributed by atoms with E-state index in [1.165, 1.54) is 18.5 Å². The molecule has 2 N–H and O–H groups in total. The van der Waals surface area contributed by atoms with Crippen molar-refractivity contribution < 1.29 is 32.3 Å². The van der Waals surface area contributed by atoms with Crippen molar-refractivity contribution in [2.75, 3.05) is 36.9 Å². The summed E-state index contributed by atoms with van der Waals surface area (Å²) in [6.45, 7) is 4.10. The molecule has 1 fully saturated rings. The van der Waals surface area contributed by atoms with E-state index in [0.29, 0.717) is 43.2 Å². The maximum Gasteiger partial charge on any atom is 0.419 e. The van der Waals surface area contributed by atoms with Gasteiger partial charge in [-0.15, -0.1) is 0 Å². The van der Waals surface area contributed by atoms with Crippen LogP contribution in [0.15, 0.2) is 30.6 Å². The molecule has 1 aliphatic heterocycles. The van der Waals surface area contributed by atoms with Gasteiger partial charge in [0.05, 0.1) is 29.6 Å². The molecule has 1 amide bonds. The lowest BCUT2D eigenvalue weighted by molar-refractivity contribution is -0.142. The highest BCUT2D eigenvalue weighted by atomic mass is 32.1. The van der Waals surface area contributed by atoms with E-state index in [0.717, 1.165) is 36.4 Å². The van der Waals surface area contributed by atoms with Gasteiger partial charge in [0.1, 0.15) is 17.3 Å². The fourth-order valence-corrected chi connectivity index (χ4v) is 5.51. The number of halogens is 4. The lowest BCUT2D eigenvalue weighted by Gasteiger charge is -2.30. The average molecular weight is 581 g/mol. The summed E-state index contributed by atoms with van der Waals surface area (Å²) in [7, 11) is 1.86. The molecule has 1 aliphatic rings. The summed E-state index contributed by atoms with van der Waals surface area (Å²) < 4.78 is 54.0.